The fourth-order valence-corrected chi connectivity index (χ4v) is 6.22. The molecule has 47 heavy (non-hydrogen) atoms. The summed E-state index contributed by atoms with van der Waals surface area (Å²) in [4.78, 5) is 23.7. The minimum Gasteiger partial charge on any atom is -0.486 e. The maximum atomic E-state index is 13.3. The fraction of sp³-hybridized carbons (Fsp3) is 0.176. The molecule has 5 aromatic rings. The summed E-state index contributed by atoms with van der Waals surface area (Å²) in [7, 11) is 0. The maximum Gasteiger partial charge on any atom is 0.342 e. The number of ether oxygens (including phenoxy) is 7. The average Bonchev–Trinajstić information content (AvgIpc) is 3.91. The number of cyclic esters (lactones) is 1. The zero-order valence-corrected chi connectivity index (χ0v) is 25.3. The number of nitrogens with zero attached hydrogens (tertiary/aromatic N) is 2. The quantitative estimate of drug-likeness (QED) is 0.205. The number of carbonyl (C=O) groups is 2. The predicted octanol–water partition coefficient (Wildman–Crippen LogP) is 4.82. The number of rotatable bonds is 5. The molecular weight excluding hydrogens is 628 g/mol. The first kappa shape index (κ1) is 28.8. The lowest BCUT2D eigenvalue weighted by molar-refractivity contribution is -0.185. The van der Waals surface area contributed by atoms with E-state index in [2.05, 4.69) is 8.75 Å². The first-order valence-electron chi connectivity index (χ1n) is 14.5. The number of carbonyl (C=O) groups excluding carboxylic acids is 2. The molecule has 236 valence electrons. The Morgan fingerprint density at radius 1 is 0.723 bits per heavy atom. The molecule has 1 aromatic heterocycles. The lowest BCUT2D eigenvalue weighted by Crippen LogP contribution is -2.30. The van der Waals surface area contributed by atoms with Crippen molar-refractivity contribution in [3.63, 3.8) is 0 Å². The van der Waals surface area contributed by atoms with E-state index in [0.717, 1.165) is 29.1 Å². The molecule has 0 saturated carbocycles. The molecule has 0 amide bonds. The van der Waals surface area contributed by atoms with Gasteiger partial charge in [0.1, 0.15) is 30.5 Å². The van der Waals surface area contributed by atoms with Gasteiger partial charge in [-0.05, 0) is 71.8 Å². The highest BCUT2D eigenvalue weighted by atomic mass is 32.1. The lowest BCUT2D eigenvalue weighted by atomic mass is 9.87. The molecule has 13 heteroatoms. The molecule has 0 spiro atoms. The van der Waals surface area contributed by atoms with Crippen molar-refractivity contribution in [3.8, 4) is 34.5 Å². The van der Waals surface area contributed by atoms with Crippen LogP contribution in [0.1, 0.15) is 27.0 Å². The smallest absolute Gasteiger partial charge is 0.342 e. The number of fused-ring (bicyclic) bond motifs is 4. The summed E-state index contributed by atoms with van der Waals surface area (Å²) in [5.41, 5.74) is 4.44. The molecule has 4 aliphatic heterocycles. The minimum absolute atomic E-state index is 0.150. The Morgan fingerprint density at radius 3 is 2.19 bits per heavy atom. The molecule has 1 atom stereocenters. The summed E-state index contributed by atoms with van der Waals surface area (Å²) in [5.74, 6) is 1.01. The summed E-state index contributed by atoms with van der Waals surface area (Å²) < 4.78 is 46.7. The van der Waals surface area contributed by atoms with Gasteiger partial charge in [0, 0.05) is 23.1 Å². The summed E-state index contributed by atoms with van der Waals surface area (Å²) >= 11 is 1.10. The van der Waals surface area contributed by atoms with E-state index in [9.17, 15) is 14.7 Å². The van der Waals surface area contributed by atoms with Gasteiger partial charge in [-0.2, -0.15) is 8.75 Å². The number of aldehydes is 1. The van der Waals surface area contributed by atoms with E-state index in [1.165, 1.54) is 0 Å². The van der Waals surface area contributed by atoms with Gasteiger partial charge in [-0.3, -0.25) is 4.79 Å². The molecule has 12 nitrogen and oxygen atoms in total. The summed E-state index contributed by atoms with van der Waals surface area (Å²) in [6, 6.07) is 21.0. The zero-order chi connectivity index (χ0) is 32.0. The number of hydrogen-bond donors (Lipinski definition) is 1. The van der Waals surface area contributed by atoms with E-state index >= 15 is 0 Å². The summed E-state index contributed by atoms with van der Waals surface area (Å²) in [6.07, 6.45) is 0.998. The predicted molar refractivity (Wildman–Crippen MR) is 166 cm³/mol. The third-order valence-electron chi connectivity index (χ3n) is 7.98. The van der Waals surface area contributed by atoms with Crippen LogP contribution in [0.25, 0.3) is 16.6 Å². The molecule has 4 aliphatic rings. The fourth-order valence-electron chi connectivity index (χ4n) is 5.71. The van der Waals surface area contributed by atoms with Crippen LogP contribution in [0.3, 0.4) is 0 Å². The second kappa shape index (κ2) is 11.6. The molecular formula is C34H24N2O10S. The summed E-state index contributed by atoms with van der Waals surface area (Å²) in [5, 5.41) is 12.0. The molecule has 9 rings (SSSR count). The van der Waals surface area contributed by atoms with Gasteiger partial charge in [0.25, 0.3) is 5.79 Å². The van der Waals surface area contributed by atoms with Gasteiger partial charge in [-0.25, -0.2) is 4.79 Å². The maximum absolute atomic E-state index is 13.3. The molecule has 4 aromatic carbocycles. The first-order chi connectivity index (χ1) is 23.0. The number of hydrogen-bond acceptors (Lipinski definition) is 13. The highest BCUT2D eigenvalue weighted by molar-refractivity contribution is 7.00. The van der Waals surface area contributed by atoms with Gasteiger partial charge in [0.2, 0.25) is 13.6 Å². The van der Waals surface area contributed by atoms with Crippen molar-refractivity contribution in [1.29, 1.82) is 0 Å². The number of esters is 1. The normalized spacial score (nSPS) is 18.5. The highest BCUT2D eigenvalue weighted by Gasteiger charge is 2.48. The second-order valence-corrected chi connectivity index (χ2v) is 11.3. The van der Waals surface area contributed by atoms with E-state index in [-0.39, 0.29) is 25.6 Å². The van der Waals surface area contributed by atoms with Crippen molar-refractivity contribution >= 4 is 40.6 Å². The zero-order valence-electron chi connectivity index (χ0n) is 24.5. The van der Waals surface area contributed by atoms with Crippen molar-refractivity contribution < 1.29 is 47.9 Å². The lowest BCUT2D eigenvalue weighted by Gasteiger charge is -2.27. The van der Waals surface area contributed by atoms with Crippen molar-refractivity contribution in [2.75, 3.05) is 26.8 Å². The van der Waals surface area contributed by atoms with Gasteiger partial charge in [0.05, 0.1) is 17.3 Å². The number of benzene rings is 4. The van der Waals surface area contributed by atoms with Crippen LogP contribution < -0.4 is 28.4 Å². The Labute approximate surface area is 271 Å². The van der Waals surface area contributed by atoms with Gasteiger partial charge in [-0.1, -0.05) is 12.1 Å². The molecule has 1 N–H and O–H groups in total. The third-order valence-corrected chi connectivity index (χ3v) is 8.54. The first-order valence-corrected chi connectivity index (χ1v) is 15.3. The number of aliphatic hydroxyl groups is 1. The van der Waals surface area contributed by atoms with Crippen LogP contribution in [0.5, 0.6) is 34.5 Å². The van der Waals surface area contributed by atoms with E-state index in [1.54, 1.807) is 54.6 Å². The second-order valence-electron chi connectivity index (χ2n) is 10.8. The van der Waals surface area contributed by atoms with Crippen molar-refractivity contribution in [3.05, 3.63) is 101 Å². The van der Waals surface area contributed by atoms with E-state index in [0.29, 0.717) is 75.5 Å². The third kappa shape index (κ3) is 5.24. The molecule has 0 aliphatic carbocycles. The Hall–Kier alpha value is -5.66. The van der Waals surface area contributed by atoms with Gasteiger partial charge >= 0.3 is 5.97 Å². The van der Waals surface area contributed by atoms with E-state index < -0.39 is 11.8 Å². The van der Waals surface area contributed by atoms with Gasteiger partial charge in [-0.15, -0.1) is 0 Å². The van der Waals surface area contributed by atoms with Crippen LogP contribution in [-0.2, 0) is 21.7 Å². The van der Waals surface area contributed by atoms with Crippen LogP contribution in [0, 0.1) is 0 Å². The number of aromatic nitrogens is 2. The van der Waals surface area contributed by atoms with Crippen LogP contribution in [0.2, 0.25) is 0 Å². The van der Waals surface area contributed by atoms with E-state index in [1.807, 2.05) is 18.2 Å². The van der Waals surface area contributed by atoms with Crippen LogP contribution >= 0.6 is 11.7 Å². The monoisotopic (exact) mass is 652 g/mol. The van der Waals surface area contributed by atoms with Crippen molar-refractivity contribution in [1.82, 2.24) is 8.75 Å². The molecule has 5 heterocycles. The van der Waals surface area contributed by atoms with Crippen LogP contribution in [0.15, 0.2) is 78.4 Å². The van der Waals surface area contributed by atoms with Crippen molar-refractivity contribution in [2.24, 2.45) is 0 Å². The highest BCUT2D eigenvalue weighted by Crippen LogP contribution is 2.47. The van der Waals surface area contributed by atoms with Gasteiger partial charge < -0.3 is 38.3 Å². The Balaban J connectivity index is 0.000000249. The Kier molecular flexibility index (Phi) is 7.11. The van der Waals surface area contributed by atoms with Crippen LogP contribution in [-0.4, -0.2) is 52.9 Å². The summed E-state index contributed by atoms with van der Waals surface area (Å²) in [6.45, 7) is 1.23. The topological polar surface area (TPSA) is 145 Å². The standard InChI is InChI=1S/C26H18N2O7S.C8H6O3/c29-25-24(15-2-4-18-19(11-15)28-36-27-18)17(9-14-1-5-21-22(10-14)34-13-33-21)26(30,35-25)16-3-6-20-23(12-16)32-8-7-31-20;9-4-6-1-2-7-8(3-6)11-5-10-7/h1-6,10-12,30H,7-9,13H2;1-4H,5H2. The van der Waals surface area contributed by atoms with Crippen molar-refractivity contribution in [2.45, 2.75) is 12.2 Å². The molecule has 0 bridgehead atoms. The molecule has 0 saturated heterocycles. The average molecular weight is 653 g/mol. The largest absolute Gasteiger partial charge is 0.486 e. The van der Waals surface area contributed by atoms with Crippen LogP contribution in [0.4, 0.5) is 0 Å². The Bertz CT molecular complexity index is 2090. The molecule has 1 unspecified atom stereocenters. The minimum atomic E-state index is -2.02. The van der Waals surface area contributed by atoms with Gasteiger partial charge in [0.15, 0.2) is 34.5 Å². The molecule has 0 radical (unpaired) electrons. The SMILES string of the molecule is O=C1OC(O)(c2ccc3c(c2)OCCO3)C(Cc2ccc3c(c2)OCO3)=C1c1ccc2nsnc2c1.O=Cc1ccc2c(c1)OCO2. The Morgan fingerprint density at radius 2 is 1.38 bits per heavy atom. The molecule has 0 fully saturated rings. The van der Waals surface area contributed by atoms with E-state index in [4.69, 9.17) is 33.2 Å².